The smallest absolute Gasteiger partial charge is 0.187 e. The zero-order valence-electron chi connectivity index (χ0n) is 27.3. The van der Waals surface area contributed by atoms with Gasteiger partial charge in [-0.1, -0.05) is 0 Å². The van der Waals surface area contributed by atoms with E-state index in [1.807, 2.05) is 0 Å². The van der Waals surface area contributed by atoms with Crippen LogP contribution in [0, 0.1) is 11.3 Å². The number of aliphatic imine (C=N–C) groups is 1. The first-order chi connectivity index (χ1) is 23.6. The van der Waals surface area contributed by atoms with Crippen LogP contribution in [0.25, 0.3) is 0 Å². The van der Waals surface area contributed by atoms with Gasteiger partial charge in [0.05, 0.1) is 38.0 Å². The standard InChI is InChI=1S/C27H51N7O16/c1-6-7(3-35)20(25(45-6)50-22-11(34-27(30)31)14(39)10(33-26(28)29)15(40)18(22)43)48-23-12(32-2)16(41)21(9(5-37)47-23)49-24-19(44)17(42)13(38)8(4-36)46-24/h6-25,32,35-44H,3-5H2,1-2H3,(H4,28,29,33)(H4,30,31,34). The Bertz CT molecular complexity index is 1140. The van der Waals surface area contributed by atoms with E-state index in [0.717, 1.165) is 0 Å². The summed E-state index contributed by atoms with van der Waals surface area (Å²) in [5.74, 6) is -1.95. The SMILES string of the molecule is CNC1C(OC2C(OC3C(O)C(O)C(N=C(N)N)C(O)C3NC(=N)N)OC(C)C2CO)OC(CO)C(OC2OC(CO)C(O)C(O)C2O)C1O. The molecule has 290 valence electrons. The third-order valence-corrected chi connectivity index (χ3v) is 9.49. The highest BCUT2D eigenvalue weighted by atomic mass is 16.8. The molecule has 0 amide bonds. The summed E-state index contributed by atoms with van der Waals surface area (Å²) in [7, 11) is 1.44. The Morgan fingerprint density at radius 1 is 0.660 bits per heavy atom. The Hall–Kier alpha value is -2.14. The van der Waals surface area contributed by atoms with Gasteiger partial charge in [-0.3, -0.25) is 5.41 Å². The molecule has 20 unspecified atom stereocenters. The number of hydrogen-bond donors (Lipinski definition) is 16. The molecule has 19 N–H and O–H groups in total. The van der Waals surface area contributed by atoms with Crippen molar-refractivity contribution in [1.29, 1.82) is 5.41 Å². The number of aliphatic hydroxyl groups excluding tert-OH is 10. The van der Waals surface area contributed by atoms with E-state index in [9.17, 15) is 51.1 Å². The third-order valence-electron chi connectivity index (χ3n) is 9.49. The normalized spacial score (nSPS) is 48.2. The first-order valence-corrected chi connectivity index (χ1v) is 16.0. The molecule has 50 heavy (non-hydrogen) atoms. The van der Waals surface area contributed by atoms with Gasteiger partial charge in [0.25, 0.3) is 0 Å². The van der Waals surface area contributed by atoms with Crippen LogP contribution < -0.4 is 27.8 Å². The van der Waals surface area contributed by atoms with Crippen molar-refractivity contribution in [3.05, 3.63) is 0 Å². The van der Waals surface area contributed by atoms with Gasteiger partial charge in [-0.25, -0.2) is 4.99 Å². The number of rotatable bonds is 12. The first kappa shape index (κ1) is 40.6. The van der Waals surface area contributed by atoms with Gasteiger partial charge in [0.2, 0.25) is 0 Å². The molecule has 23 heteroatoms. The summed E-state index contributed by atoms with van der Waals surface area (Å²) in [4.78, 5) is 3.79. The van der Waals surface area contributed by atoms with Crippen molar-refractivity contribution in [2.24, 2.45) is 28.1 Å². The summed E-state index contributed by atoms with van der Waals surface area (Å²) >= 11 is 0. The summed E-state index contributed by atoms with van der Waals surface area (Å²) in [6, 6.07) is -3.99. The molecular formula is C27H51N7O16. The van der Waals surface area contributed by atoms with Crippen LogP contribution in [0.3, 0.4) is 0 Å². The van der Waals surface area contributed by atoms with Crippen molar-refractivity contribution in [3.63, 3.8) is 0 Å². The van der Waals surface area contributed by atoms with Crippen LogP contribution in [0.5, 0.6) is 0 Å². The second-order valence-corrected chi connectivity index (χ2v) is 12.7. The maximum atomic E-state index is 11.4. The lowest BCUT2D eigenvalue weighted by atomic mass is 9.81. The second-order valence-electron chi connectivity index (χ2n) is 12.7. The quantitative estimate of drug-likeness (QED) is 0.0654. The van der Waals surface area contributed by atoms with Gasteiger partial charge < -0.3 is 107 Å². The number of nitrogens with one attached hydrogen (secondary N) is 3. The van der Waals surface area contributed by atoms with Crippen LogP contribution in [-0.4, -0.2) is 206 Å². The molecule has 23 nitrogen and oxygen atoms in total. The van der Waals surface area contributed by atoms with Gasteiger partial charge in [-0.05, 0) is 14.0 Å². The monoisotopic (exact) mass is 729 g/mol. The van der Waals surface area contributed by atoms with E-state index >= 15 is 0 Å². The van der Waals surface area contributed by atoms with Gasteiger partial charge in [-0.2, -0.15) is 0 Å². The zero-order valence-corrected chi connectivity index (χ0v) is 27.3. The van der Waals surface area contributed by atoms with Crippen LogP contribution in [0.1, 0.15) is 6.92 Å². The Labute approximate surface area is 286 Å². The molecule has 1 saturated carbocycles. The van der Waals surface area contributed by atoms with Gasteiger partial charge >= 0.3 is 0 Å². The number of guanidine groups is 2. The van der Waals surface area contributed by atoms with Crippen molar-refractivity contribution >= 4 is 11.9 Å². The summed E-state index contributed by atoms with van der Waals surface area (Å²) in [5.41, 5.74) is 16.4. The van der Waals surface area contributed by atoms with Gasteiger partial charge in [0, 0.05) is 5.92 Å². The number of hydrogen-bond acceptors (Lipinski definition) is 19. The Kier molecular flexibility index (Phi) is 13.9. The maximum absolute atomic E-state index is 11.4. The number of likely N-dealkylation sites (N-methyl/N-ethyl adjacent to an activating group) is 1. The minimum atomic E-state index is -1.81. The van der Waals surface area contributed by atoms with Crippen molar-refractivity contribution in [2.75, 3.05) is 26.9 Å². The van der Waals surface area contributed by atoms with E-state index in [1.165, 1.54) is 7.05 Å². The Morgan fingerprint density at radius 2 is 1.26 bits per heavy atom. The summed E-state index contributed by atoms with van der Waals surface area (Å²) in [5, 5.41) is 118. The number of nitrogens with two attached hydrogens (primary N) is 3. The molecule has 4 aliphatic rings. The van der Waals surface area contributed by atoms with E-state index < -0.39 is 154 Å². The highest BCUT2D eigenvalue weighted by Crippen LogP contribution is 2.37. The maximum Gasteiger partial charge on any atom is 0.187 e. The van der Waals surface area contributed by atoms with E-state index in [2.05, 4.69) is 15.6 Å². The lowest BCUT2D eigenvalue weighted by Gasteiger charge is -2.48. The predicted molar refractivity (Wildman–Crippen MR) is 164 cm³/mol. The molecule has 20 atom stereocenters. The van der Waals surface area contributed by atoms with Crippen molar-refractivity contribution in [2.45, 2.75) is 123 Å². The zero-order chi connectivity index (χ0) is 37.2. The van der Waals surface area contributed by atoms with Crippen LogP contribution >= 0.6 is 0 Å². The predicted octanol–water partition coefficient (Wildman–Crippen LogP) is -9.45. The van der Waals surface area contributed by atoms with Crippen LogP contribution in [-0.2, 0) is 28.4 Å². The number of nitrogens with zero attached hydrogens (tertiary/aromatic N) is 1. The lowest BCUT2D eigenvalue weighted by molar-refractivity contribution is -0.356. The molecule has 0 radical (unpaired) electrons. The molecule has 0 aromatic rings. The van der Waals surface area contributed by atoms with Crippen molar-refractivity contribution in [3.8, 4) is 0 Å². The average Bonchev–Trinajstić information content (AvgIpc) is 3.37. The molecular weight excluding hydrogens is 678 g/mol. The average molecular weight is 730 g/mol. The largest absolute Gasteiger partial charge is 0.396 e. The molecule has 4 rings (SSSR count). The highest BCUT2D eigenvalue weighted by molar-refractivity contribution is 5.76. The van der Waals surface area contributed by atoms with Gasteiger partial charge in [0.1, 0.15) is 79.3 Å². The van der Waals surface area contributed by atoms with Crippen molar-refractivity contribution in [1.82, 2.24) is 10.6 Å². The summed E-state index contributed by atoms with van der Waals surface area (Å²) in [6.07, 6.45) is -24.3. The lowest BCUT2D eigenvalue weighted by Crippen LogP contribution is -2.70. The van der Waals surface area contributed by atoms with Crippen LogP contribution in [0.4, 0.5) is 0 Å². The van der Waals surface area contributed by atoms with Gasteiger partial charge in [-0.15, -0.1) is 0 Å². The van der Waals surface area contributed by atoms with E-state index in [-0.39, 0.29) is 0 Å². The van der Waals surface area contributed by atoms with Crippen LogP contribution in [0.15, 0.2) is 4.99 Å². The van der Waals surface area contributed by atoms with E-state index in [4.69, 9.17) is 51.0 Å². The highest BCUT2D eigenvalue weighted by Gasteiger charge is 2.56. The minimum absolute atomic E-state index is 0.496. The number of aliphatic hydroxyl groups is 10. The fourth-order valence-corrected chi connectivity index (χ4v) is 6.74. The molecule has 3 saturated heterocycles. The third kappa shape index (κ3) is 8.24. The Morgan fingerprint density at radius 3 is 1.82 bits per heavy atom. The molecule has 0 spiro atoms. The fourth-order valence-electron chi connectivity index (χ4n) is 6.74. The first-order valence-electron chi connectivity index (χ1n) is 16.0. The topological polar surface area (TPSA) is 396 Å². The molecule has 4 fully saturated rings. The number of ether oxygens (including phenoxy) is 6. The van der Waals surface area contributed by atoms with E-state index in [1.54, 1.807) is 6.92 Å². The second kappa shape index (κ2) is 17.1. The molecule has 3 aliphatic heterocycles. The minimum Gasteiger partial charge on any atom is -0.396 e. The Balaban J connectivity index is 1.57. The summed E-state index contributed by atoms with van der Waals surface area (Å²) in [6.45, 7) is -0.426. The molecule has 0 aromatic heterocycles. The molecule has 0 aromatic carbocycles. The van der Waals surface area contributed by atoms with Crippen LogP contribution in [0.2, 0.25) is 0 Å². The summed E-state index contributed by atoms with van der Waals surface area (Å²) < 4.78 is 35.3. The fraction of sp³-hybridized carbons (Fsp3) is 0.926. The van der Waals surface area contributed by atoms with E-state index in [0.29, 0.717) is 0 Å². The molecule has 1 aliphatic carbocycles. The molecule has 3 heterocycles. The van der Waals surface area contributed by atoms with Crippen molar-refractivity contribution < 1.29 is 79.5 Å². The molecule has 0 bridgehead atoms. The van der Waals surface area contributed by atoms with Gasteiger partial charge in [0.15, 0.2) is 30.8 Å².